The fourth-order valence-electron chi connectivity index (χ4n) is 2.07. The minimum Gasteiger partial charge on any atom is -0.324 e. The number of likely N-dealkylation sites (N-methyl/N-ethyl adjacent to an activating group) is 1. The molecule has 0 saturated heterocycles. The number of rotatable bonds is 5. The summed E-state index contributed by atoms with van der Waals surface area (Å²) < 4.78 is 39.5. The Balaban J connectivity index is 2.14. The second kappa shape index (κ2) is 6.40. The molecule has 1 aliphatic heterocycles. The summed E-state index contributed by atoms with van der Waals surface area (Å²) in [5.74, 6) is -0.427. The van der Waals surface area contributed by atoms with Crippen molar-refractivity contribution < 1.29 is 12.8 Å². The number of nitrogens with one attached hydrogen (secondary N) is 2. The second-order valence-corrected chi connectivity index (χ2v) is 6.28. The molecule has 0 unspecified atom stereocenters. The van der Waals surface area contributed by atoms with Gasteiger partial charge in [-0.05, 0) is 31.3 Å². The molecule has 0 saturated carbocycles. The third-order valence-corrected chi connectivity index (χ3v) is 4.68. The number of nitrogens with zero attached hydrogens (tertiary/aromatic N) is 2. The Hall–Kier alpha value is -1.67. The van der Waals surface area contributed by atoms with Crippen LogP contribution in [0.3, 0.4) is 0 Å². The van der Waals surface area contributed by atoms with Crippen LogP contribution in [-0.4, -0.2) is 45.5 Å². The minimum atomic E-state index is -3.77. The minimum absolute atomic E-state index is 0.106. The van der Waals surface area contributed by atoms with Crippen molar-refractivity contribution in [2.75, 3.05) is 31.5 Å². The van der Waals surface area contributed by atoms with Crippen molar-refractivity contribution in [3.8, 4) is 0 Å². The predicted octanol–water partition coefficient (Wildman–Crippen LogP) is 1.23. The Morgan fingerprint density at radius 3 is 2.67 bits per heavy atom. The van der Waals surface area contributed by atoms with E-state index < -0.39 is 15.8 Å². The molecule has 0 aliphatic carbocycles. The fraction of sp³-hybridized carbons (Fsp3) is 0.462. The second-order valence-electron chi connectivity index (χ2n) is 4.63. The topological polar surface area (TPSA) is 73.8 Å². The number of guanidine groups is 1. The van der Waals surface area contributed by atoms with Crippen LogP contribution in [0.15, 0.2) is 28.1 Å². The first-order valence-electron chi connectivity index (χ1n) is 6.82. The zero-order chi connectivity index (χ0) is 15.5. The summed E-state index contributed by atoms with van der Waals surface area (Å²) in [6.07, 6.45) is 0. The Bertz CT molecular complexity index is 642. The summed E-state index contributed by atoms with van der Waals surface area (Å²) in [5, 5.41) is 2.86. The average molecular weight is 314 g/mol. The summed E-state index contributed by atoms with van der Waals surface area (Å²) in [4.78, 5) is 6.29. The molecule has 1 heterocycles. The van der Waals surface area contributed by atoms with Crippen LogP contribution in [-0.2, 0) is 10.0 Å². The first-order valence-corrected chi connectivity index (χ1v) is 8.30. The molecule has 2 rings (SSSR count). The molecule has 0 fully saturated rings. The van der Waals surface area contributed by atoms with Gasteiger partial charge in [0, 0.05) is 6.54 Å². The van der Waals surface area contributed by atoms with Crippen LogP contribution in [0.2, 0.25) is 0 Å². The van der Waals surface area contributed by atoms with E-state index in [1.165, 1.54) is 12.1 Å². The smallest absolute Gasteiger partial charge is 0.266 e. The molecule has 6 nitrogen and oxygen atoms in total. The van der Waals surface area contributed by atoms with Crippen molar-refractivity contribution >= 4 is 21.7 Å². The van der Waals surface area contributed by atoms with Crippen LogP contribution in [0.5, 0.6) is 0 Å². The third-order valence-electron chi connectivity index (χ3n) is 3.30. The average Bonchev–Trinajstić information content (AvgIpc) is 2.44. The Morgan fingerprint density at radius 1 is 1.29 bits per heavy atom. The monoisotopic (exact) mass is 314 g/mol. The Labute approximate surface area is 124 Å². The van der Waals surface area contributed by atoms with Gasteiger partial charge in [0.2, 0.25) is 5.96 Å². The van der Waals surface area contributed by atoms with Gasteiger partial charge in [-0.25, -0.2) is 17.5 Å². The van der Waals surface area contributed by atoms with E-state index in [2.05, 4.69) is 33.8 Å². The standard InChI is InChI=1S/C13H19FN4O2S/c1-3-18(4-2)8-7-15-13-16-11-6-5-10(14)9-12(11)21(19,20)17-13/h5-6,9H,3-4,7-8H2,1-2H3,(H2,15,16,17). The summed E-state index contributed by atoms with van der Waals surface area (Å²) in [6, 6.07) is 3.58. The van der Waals surface area contributed by atoms with Crippen LogP contribution >= 0.6 is 0 Å². The molecule has 1 aromatic carbocycles. The highest BCUT2D eigenvalue weighted by atomic mass is 32.2. The quantitative estimate of drug-likeness (QED) is 0.857. The molecular weight excluding hydrogens is 295 g/mol. The van der Waals surface area contributed by atoms with Crippen LogP contribution in [0.25, 0.3) is 0 Å². The van der Waals surface area contributed by atoms with Crippen molar-refractivity contribution in [1.82, 2.24) is 9.62 Å². The number of anilines is 1. The normalized spacial score (nSPS) is 18.2. The Kier molecular flexibility index (Phi) is 4.79. The van der Waals surface area contributed by atoms with E-state index in [-0.39, 0.29) is 10.9 Å². The number of aliphatic imine (C=N–C) groups is 1. The molecule has 0 aromatic heterocycles. The van der Waals surface area contributed by atoms with E-state index in [0.29, 0.717) is 12.2 Å². The van der Waals surface area contributed by atoms with Gasteiger partial charge in [-0.3, -0.25) is 4.99 Å². The molecule has 0 atom stereocenters. The van der Waals surface area contributed by atoms with E-state index in [1.807, 2.05) is 0 Å². The van der Waals surface area contributed by atoms with E-state index in [9.17, 15) is 12.8 Å². The molecule has 0 radical (unpaired) electrons. The summed E-state index contributed by atoms with van der Waals surface area (Å²) in [6.45, 7) is 7.18. The lowest BCUT2D eigenvalue weighted by molar-refractivity contribution is 0.313. The van der Waals surface area contributed by atoms with Gasteiger partial charge in [0.15, 0.2) is 0 Å². The van der Waals surface area contributed by atoms with Crippen molar-refractivity contribution in [3.63, 3.8) is 0 Å². The van der Waals surface area contributed by atoms with Gasteiger partial charge in [0.1, 0.15) is 10.7 Å². The van der Waals surface area contributed by atoms with E-state index in [0.717, 1.165) is 25.7 Å². The van der Waals surface area contributed by atoms with Crippen molar-refractivity contribution in [2.24, 2.45) is 4.99 Å². The summed E-state index contributed by atoms with van der Waals surface area (Å²) >= 11 is 0. The molecule has 116 valence electrons. The zero-order valence-electron chi connectivity index (χ0n) is 12.1. The lowest BCUT2D eigenvalue weighted by atomic mass is 10.3. The number of sulfonamides is 1. The molecule has 0 spiro atoms. The molecule has 21 heavy (non-hydrogen) atoms. The van der Waals surface area contributed by atoms with Gasteiger partial charge in [0.05, 0.1) is 12.2 Å². The number of hydrogen-bond acceptors (Lipinski definition) is 4. The van der Waals surface area contributed by atoms with Crippen molar-refractivity contribution in [2.45, 2.75) is 18.7 Å². The number of hydrogen-bond donors (Lipinski definition) is 2. The predicted molar refractivity (Wildman–Crippen MR) is 80.4 cm³/mol. The summed E-state index contributed by atoms with van der Waals surface area (Å²) in [5.41, 5.74) is 0.330. The SMILES string of the molecule is CCN(CC)CCN=C1Nc2ccc(F)cc2S(=O)(=O)N1. The van der Waals surface area contributed by atoms with Crippen LogP contribution in [0, 0.1) is 5.82 Å². The van der Waals surface area contributed by atoms with Gasteiger partial charge in [-0.2, -0.15) is 0 Å². The third kappa shape index (κ3) is 3.70. The maximum Gasteiger partial charge on any atom is 0.266 e. The van der Waals surface area contributed by atoms with Crippen molar-refractivity contribution in [1.29, 1.82) is 0 Å². The van der Waals surface area contributed by atoms with Gasteiger partial charge >= 0.3 is 0 Å². The maximum absolute atomic E-state index is 13.1. The molecule has 1 aliphatic rings. The van der Waals surface area contributed by atoms with Gasteiger partial charge < -0.3 is 10.2 Å². The summed E-state index contributed by atoms with van der Waals surface area (Å²) in [7, 11) is -3.77. The molecule has 2 N–H and O–H groups in total. The number of benzene rings is 1. The lowest BCUT2D eigenvalue weighted by Gasteiger charge is -2.22. The number of halogens is 1. The first kappa shape index (κ1) is 15.7. The van der Waals surface area contributed by atoms with Gasteiger partial charge in [-0.1, -0.05) is 13.8 Å². The van der Waals surface area contributed by atoms with Crippen LogP contribution < -0.4 is 10.0 Å². The molecule has 0 amide bonds. The molecule has 1 aromatic rings. The van der Waals surface area contributed by atoms with Crippen LogP contribution in [0.1, 0.15) is 13.8 Å². The maximum atomic E-state index is 13.1. The highest BCUT2D eigenvalue weighted by molar-refractivity contribution is 7.90. The van der Waals surface area contributed by atoms with Crippen LogP contribution in [0.4, 0.5) is 10.1 Å². The van der Waals surface area contributed by atoms with E-state index in [1.54, 1.807) is 0 Å². The highest BCUT2D eigenvalue weighted by Crippen LogP contribution is 2.25. The molecular formula is C13H19FN4O2S. The number of fused-ring (bicyclic) bond motifs is 1. The first-order chi connectivity index (χ1) is 9.96. The van der Waals surface area contributed by atoms with Crippen molar-refractivity contribution in [3.05, 3.63) is 24.0 Å². The lowest BCUT2D eigenvalue weighted by Crippen LogP contribution is -2.41. The van der Waals surface area contributed by atoms with E-state index >= 15 is 0 Å². The Morgan fingerprint density at radius 2 is 2.00 bits per heavy atom. The molecule has 8 heteroatoms. The van der Waals surface area contributed by atoms with Gasteiger partial charge in [-0.15, -0.1) is 0 Å². The van der Waals surface area contributed by atoms with E-state index in [4.69, 9.17) is 0 Å². The zero-order valence-corrected chi connectivity index (χ0v) is 12.9. The largest absolute Gasteiger partial charge is 0.324 e. The van der Waals surface area contributed by atoms with Gasteiger partial charge in [0.25, 0.3) is 10.0 Å². The fourth-order valence-corrected chi connectivity index (χ4v) is 3.23. The molecule has 0 bridgehead atoms. The highest BCUT2D eigenvalue weighted by Gasteiger charge is 2.26.